The largest absolute Gasteiger partial charge is 0.490 e. The molecular formula is C61H87F3N12O12S. The molecule has 490 valence electrons. The van der Waals surface area contributed by atoms with Crippen molar-refractivity contribution in [3.63, 3.8) is 0 Å². The molecule has 4 fully saturated rings. The van der Waals surface area contributed by atoms with Crippen LogP contribution in [0, 0.1) is 5.92 Å². The van der Waals surface area contributed by atoms with Gasteiger partial charge < -0.3 is 66.6 Å². The second kappa shape index (κ2) is 36.6. The summed E-state index contributed by atoms with van der Waals surface area (Å²) in [5.41, 5.74) is 7.68. The summed E-state index contributed by atoms with van der Waals surface area (Å²) in [5.74, 6) is -0.00912. The third kappa shape index (κ3) is 23.4. The first-order valence-corrected chi connectivity index (χ1v) is 32.0. The number of nitrogens with zero attached hydrogens (tertiary/aromatic N) is 5. The number of para-hydroxylation sites is 1. The van der Waals surface area contributed by atoms with Crippen LogP contribution in [-0.4, -0.2) is 219 Å². The third-order valence-electron chi connectivity index (χ3n) is 16.0. The van der Waals surface area contributed by atoms with Crippen LogP contribution >= 0.6 is 11.8 Å². The molecule has 0 radical (unpaired) electrons. The van der Waals surface area contributed by atoms with Gasteiger partial charge in [-0.1, -0.05) is 30.7 Å². The first-order valence-electron chi connectivity index (χ1n) is 30.9. The number of carbonyl (C=O) groups excluding carboxylic acids is 6. The molecule has 28 heteroatoms. The number of carboxylic acid groups (broad SMARTS) is 1. The quantitative estimate of drug-likeness (QED) is 0.0224. The van der Waals surface area contributed by atoms with E-state index in [1.807, 2.05) is 82.0 Å². The SMILES string of the molecule is NC(=O)c1c(-c2ccc(Oc3ccccc3)cc2)nn2c1NCC[C@H]2C1CCN(C(=O)C=CCN2CCN(CCNC(=O)CCCC(=O)NCCCOCCOCCOCCCNC(=O)CCCC[C@H]3SC[C@H]4NC(=O)N[C@H]43)CC2)CC1.O=C(O)C(F)(F)F. The summed E-state index contributed by atoms with van der Waals surface area (Å²) in [6.07, 6.45) is 6.96. The Morgan fingerprint density at radius 3 is 1.92 bits per heavy atom. The maximum atomic E-state index is 13.3. The van der Waals surface area contributed by atoms with Crippen molar-refractivity contribution in [3.8, 4) is 22.8 Å². The Morgan fingerprint density at radius 2 is 1.30 bits per heavy atom. The van der Waals surface area contributed by atoms with Crippen LogP contribution in [0.1, 0.15) is 93.4 Å². The number of piperazine rings is 1. The number of unbranched alkanes of at least 4 members (excludes halogenated alkanes) is 1. The van der Waals surface area contributed by atoms with Crippen LogP contribution in [0.4, 0.5) is 23.8 Å². The van der Waals surface area contributed by atoms with Crippen molar-refractivity contribution in [2.75, 3.05) is 129 Å². The molecule has 89 heavy (non-hydrogen) atoms. The van der Waals surface area contributed by atoms with E-state index in [-0.39, 0.29) is 47.8 Å². The summed E-state index contributed by atoms with van der Waals surface area (Å²) in [7, 11) is 0. The van der Waals surface area contributed by atoms with Gasteiger partial charge in [0.2, 0.25) is 23.6 Å². The number of amides is 7. The lowest BCUT2D eigenvalue weighted by Crippen LogP contribution is -2.48. The number of hydrogen-bond donors (Lipinski definition) is 8. The Kier molecular flexibility index (Phi) is 28.6. The van der Waals surface area contributed by atoms with Gasteiger partial charge in [0.25, 0.3) is 5.91 Å². The lowest BCUT2D eigenvalue weighted by Gasteiger charge is -2.38. The summed E-state index contributed by atoms with van der Waals surface area (Å²) in [4.78, 5) is 90.1. The standard InChI is InChI=1S/C59H86N12O10S.C2HF3O2/c60-57(76)54-55(44-17-19-46(20-18-44)81-45-10-2-1-3-11-45)67-71-48(21-26-64-58(54)71)43-22-29-70(30-23-43)53(75)16-7-28-68-32-34-69(35-33-68)31-27-63-52(74)15-6-14-51(73)62-25-9-37-79-39-41-80-40-38-78-36-8-24-61-50(72)13-5-4-12-49-56-47(42-82-49)65-59(77)66-56;3-2(4,5)1(6)7/h1-3,7,10-11,16-20,43,47-49,56,64H,4-6,8-9,12-15,21-42H2,(H2,60,76)(H,61,72)(H,62,73)(H,63,74)(H2,65,66,77);(H,6,7)/t47-,48+,49-,56-;/m1./s1. The molecule has 7 amide bonds. The molecule has 0 unspecified atom stereocenters. The monoisotopic (exact) mass is 1270 g/mol. The van der Waals surface area contributed by atoms with Gasteiger partial charge in [0, 0.05) is 134 Å². The molecule has 0 spiro atoms. The number of rotatable bonds is 34. The van der Waals surface area contributed by atoms with Crippen molar-refractivity contribution in [1.82, 2.24) is 51.1 Å². The number of benzene rings is 2. The molecule has 0 aliphatic carbocycles. The predicted octanol–water partition coefficient (Wildman–Crippen LogP) is 4.92. The number of aliphatic carboxylic acids is 1. The van der Waals surface area contributed by atoms with Crippen LogP contribution < -0.4 is 42.4 Å². The average molecular weight is 1270 g/mol. The first-order chi connectivity index (χ1) is 43.0. The van der Waals surface area contributed by atoms with E-state index in [9.17, 15) is 41.9 Å². The van der Waals surface area contributed by atoms with Gasteiger partial charge in [-0.3, -0.25) is 33.8 Å². The van der Waals surface area contributed by atoms with Crippen molar-refractivity contribution >= 4 is 59.1 Å². The molecule has 5 aliphatic heterocycles. The Bertz CT molecular complexity index is 2770. The molecule has 5 aliphatic rings. The second-order valence-electron chi connectivity index (χ2n) is 22.4. The molecule has 1 aromatic heterocycles. The van der Waals surface area contributed by atoms with Crippen molar-refractivity contribution in [1.29, 1.82) is 0 Å². The zero-order chi connectivity index (χ0) is 63.4. The van der Waals surface area contributed by atoms with E-state index in [4.69, 9.17) is 39.7 Å². The fraction of sp³-hybridized carbons (Fsp3) is 0.607. The van der Waals surface area contributed by atoms with Gasteiger partial charge in [-0.15, -0.1) is 0 Å². The minimum atomic E-state index is -5.08. The van der Waals surface area contributed by atoms with Gasteiger partial charge in [0.1, 0.15) is 28.6 Å². The number of carbonyl (C=O) groups is 7. The van der Waals surface area contributed by atoms with Gasteiger partial charge in [0.15, 0.2) is 0 Å². The summed E-state index contributed by atoms with van der Waals surface area (Å²) >= 11 is 1.90. The maximum absolute atomic E-state index is 13.3. The van der Waals surface area contributed by atoms with E-state index in [0.29, 0.717) is 152 Å². The number of hydrogen-bond acceptors (Lipinski definition) is 16. The van der Waals surface area contributed by atoms with Crippen molar-refractivity contribution in [3.05, 3.63) is 72.3 Å². The number of aromatic nitrogens is 2. The number of primary amides is 1. The number of halogens is 3. The van der Waals surface area contributed by atoms with Crippen LogP contribution in [0.25, 0.3) is 11.3 Å². The fourth-order valence-corrected chi connectivity index (χ4v) is 12.8. The summed E-state index contributed by atoms with van der Waals surface area (Å²) in [5, 5.41) is 30.8. The number of nitrogens with two attached hydrogens (primary N) is 1. The van der Waals surface area contributed by atoms with Gasteiger partial charge in [-0.2, -0.15) is 30.0 Å². The van der Waals surface area contributed by atoms with Crippen LogP contribution in [0.3, 0.4) is 0 Å². The molecule has 24 nitrogen and oxygen atoms in total. The number of thioether (sulfide) groups is 1. The van der Waals surface area contributed by atoms with Crippen molar-refractivity contribution in [2.24, 2.45) is 11.7 Å². The Hall–Kier alpha value is -6.98. The molecule has 0 saturated carbocycles. The Labute approximate surface area is 521 Å². The van der Waals surface area contributed by atoms with Gasteiger partial charge in [-0.25, -0.2) is 14.3 Å². The molecule has 6 heterocycles. The van der Waals surface area contributed by atoms with E-state index in [2.05, 4.69) is 41.7 Å². The number of likely N-dealkylation sites (tertiary alicyclic amines) is 1. The molecule has 9 N–H and O–H groups in total. The first kappa shape index (κ1) is 69.5. The number of fused-ring (bicyclic) bond motifs is 2. The van der Waals surface area contributed by atoms with Crippen LogP contribution in [0.5, 0.6) is 11.5 Å². The third-order valence-corrected chi connectivity index (χ3v) is 17.5. The smallest absolute Gasteiger partial charge is 0.475 e. The number of carboxylic acids is 1. The predicted molar refractivity (Wildman–Crippen MR) is 328 cm³/mol. The molecule has 8 rings (SSSR count). The Balaban J connectivity index is 0.00000152. The van der Waals surface area contributed by atoms with E-state index < -0.39 is 18.1 Å². The lowest BCUT2D eigenvalue weighted by molar-refractivity contribution is -0.192. The van der Waals surface area contributed by atoms with Gasteiger partial charge in [0.05, 0.1) is 44.6 Å². The average Bonchev–Trinajstić information content (AvgIpc) is 1.82. The minimum Gasteiger partial charge on any atom is -0.475 e. The highest BCUT2D eigenvalue weighted by Crippen LogP contribution is 2.40. The summed E-state index contributed by atoms with van der Waals surface area (Å²) < 4.78 is 56.4. The number of nitrogens with one attached hydrogen (secondary N) is 6. The highest BCUT2D eigenvalue weighted by Gasteiger charge is 2.43. The van der Waals surface area contributed by atoms with E-state index in [0.717, 1.165) is 94.7 Å². The fourth-order valence-electron chi connectivity index (χ4n) is 11.2. The highest BCUT2D eigenvalue weighted by atomic mass is 32.2. The van der Waals surface area contributed by atoms with Crippen molar-refractivity contribution in [2.45, 2.75) is 107 Å². The second-order valence-corrected chi connectivity index (χ2v) is 23.7. The van der Waals surface area contributed by atoms with E-state index in [1.54, 1.807) is 6.08 Å². The normalized spacial score (nSPS) is 19.4. The number of urea groups is 1. The van der Waals surface area contributed by atoms with Gasteiger partial charge >= 0.3 is 18.2 Å². The maximum Gasteiger partial charge on any atom is 0.490 e. The van der Waals surface area contributed by atoms with Crippen LogP contribution in [-0.2, 0) is 38.2 Å². The molecule has 2 aromatic carbocycles. The van der Waals surface area contributed by atoms with Crippen LogP contribution in [0.2, 0.25) is 0 Å². The Morgan fingerprint density at radius 1 is 0.719 bits per heavy atom. The zero-order valence-corrected chi connectivity index (χ0v) is 51.3. The molecule has 4 atom stereocenters. The molecule has 0 bridgehead atoms. The van der Waals surface area contributed by atoms with Crippen LogP contribution in [0.15, 0.2) is 66.7 Å². The van der Waals surface area contributed by atoms with Crippen molar-refractivity contribution < 1.29 is 70.8 Å². The molecule has 3 aromatic rings. The number of anilines is 1. The number of ether oxygens (including phenoxy) is 4. The lowest BCUT2D eigenvalue weighted by atomic mass is 9.87. The minimum absolute atomic E-state index is 0.0284. The number of alkyl halides is 3. The highest BCUT2D eigenvalue weighted by molar-refractivity contribution is 8.00. The topological polar surface area (TPSA) is 302 Å². The molecular weight excluding hydrogens is 1180 g/mol. The summed E-state index contributed by atoms with van der Waals surface area (Å²) in [6.45, 7) is 11.5. The van der Waals surface area contributed by atoms with E-state index in [1.165, 1.54) is 0 Å². The number of piperidine rings is 1. The zero-order valence-electron chi connectivity index (χ0n) is 50.5. The summed E-state index contributed by atoms with van der Waals surface area (Å²) in [6, 6.07) is 17.5. The van der Waals surface area contributed by atoms with E-state index >= 15 is 0 Å². The molecule has 4 saturated heterocycles. The van der Waals surface area contributed by atoms with Gasteiger partial charge in [-0.05, 0) is 93.7 Å².